The van der Waals surface area contributed by atoms with E-state index in [2.05, 4.69) is 16.1 Å². The first-order chi connectivity index (χ1) is 8.63. The molecule has 6 nitrogen and oxygen atoms in total. The van der Waals surface area contributed by atoms with E-state index in [4.69, 9.17) is 16.7 Å². The average Bonchev–Trinajstić information content (AvgIpc) is 2.70. The van der Waals surface area contributed by atoms with E-state index in [1.165, 1.54) is 7.05 Å². The molecule has 0 aliphatic heterocycles. The maximum absolute atomic E-state index is 11.1. The predicted octanol–water partition coefficient (Wildman–Crippen LogP) is 0.732. The van der Waals surface area contributed by atoms with Crippen LogP contribution in [0.25, 0.3) is 10.9 Å². The minimum Gasteiger partial charge on any atom is -0.387 e. The van der Waals surface area contributed by atoms with Crippen molar-refractivity contribution in [1.29, 1.82) is 0 Å². The number of aryl methyl sites for hydroxylation is 1. The van der Waals surface area contributed by atoms with Crippen molar-refractivity contribution in [3.8, 4) is 0 Å². The summed E-state index contributed by atoms with van der Waals surface area (Å²) >= 11 is 6.04. The molecule has 7 heteroatoms. The average molecular weight is 271 g/mol. The largest absolute Gasteiger partial charge is 0.387 e. The zero-order valence-electron chi connectivity index (χ0n) is 10.1. The second-order valence-electron chi connectivity index (χ2n) is 3.31. The number of halogens is 1. The standard InChI is InChI=1S/C10H10ClN3O2.CH5N/c1-14-7-4-2-3-6(11)9(7)10(13-14)12-8(16)5-15;1-2/h2-4,15H,5H2,1H3,(H,12,13,16);2H2,1H3. The van der Waals surface area contributed by atoms with E-state index in [1.54, 1.807) is 17.8 Å². The third-order valence-corrected chi connectivity index (χ3v) is 2.54. The van der Waals surface area contributed by atoms with Gasteiger partial charge in [0.15, 0.2) is 5.82 Å². The lowest BCUT2D eigenvalue weighted by molar-refractivity contribution is -0.118. The molecule has 1 heterocycles. The van der Waals surface area contributed by atoms with Gasteiger partial charge < -0.3 is 16.2 Å². The van der Waals surface area contributed by atoms with Crippen LogP contribution in [-0.2, 0) is 11.8 Å². The fourth-order valence-corrected chi connectivity index (χ4v) is 1.79. The maximum atomic E-state index is 11.1. The van der Waals surface area contributed by atoms with Crippen molar-refractivity contribution in [2.45, 2.75) is 0 Å². The quantitative estimate of drug-likeness (QED) is 0.750. The zero-order chi connectivity index (χ0) is 13.7. The highest BCUT2D eigenvalue weighted by Gasteiger charge is 2.13. The summed E-state index contributed by atoms with van der Waals surface area (Å²) in [4.78, 5) is 11.1. The number of carbonyl (C=O) groups excluding carboxylic acids is 1. The Hall–Kier alpha value is -1.63. The summed E-state index contributed by atoms with van der Waals surface area (Å²) in [5, 5.41) is 16.5. The van der Waals surface area contributed by atoms with Crippen molar-refractivity contribution in [1.82, 2.24) is 9.78 Å². The zero-order valence-corrected chi connectivity index (χ0v) is 10.9. The van der Waals surface area contributed by atoms with Crippen molar-refractivity contribution in [2.75, 3.05) is 19.0 Å². The number of anilines is 1. The van der Waals surface area contributed by atoms with Crippen molar-refractivity contribution >= 4 is 34.2 Å². The number of hydrogen-bond donors (Lipinski definition) is 3. The van der Waals surface area contributed by atoms with Gasteiger partial charge in [-0.3, -0.25) is 9.48 Å². The number of rotatable bonds is 2. The molecule has 0 spiro atoms. The number of nitrogens with zero attached hydrogens (tertiary/aromatic N) is 2. The third kappa shape index (κ3) is 2.79. The molecule has 0 bridgehead atoms. The number of aliphatic hydroxyl groups is 1. The topological polar surface area (TPSA) is 93.2 Å². The molecule has 0 fully saturated rings. The first-order valence-corrected chi connectivity index (χ1v) is 5.61. The monoisotopic (exact) mass is 270 g/mol. The normalized spacial score (nSPS) is 9.83. The number of aliphatic hydroxyl groups excluding tert-OH is 1. The van der Waals surface area contributed by atoms with Gasteiger partial charge in [-0.05, 0) is 19.2 Å². The lowest BCUT2D eigenvalue weighted by atomic mass is 10.2. The Morgan fingerprint density at radius 3 is 2.83 bits per heavy atom. The molecule has 0 aliphatic carbocycles. The van der Waals surface area contributed by atoms with Crippen LogP contribution >= 0.6 is 11.6 Å². The third-order valence-electron chi connectivity index (χ3n) is 2.23. The summed E-state index contributed by atoms with van der Waals surface area (Å²) in [6, 6.07) is 5.38. The molecule has 2 rings (SSSR count). The van der Waals surface area contributed by atoms with Gasteiger partial charge in [-0.1, -0.05) is 17.7 Å². The molecule has 0 saturated heterocycles. The second-order valence-corrected chi connectivity index (χ2v) is 3.72. The fourth-order valence-electron chi connectivity index (χ4n) is 1.53. The van der Waals surface area contributed by atoms with E-state index in [9.17, 15) is 4.79 Å². The van der Waals surface area contributed by atoms with E-state index in [-0.39, 0.29) is 0 Å². The molecular weight excluding hydrogens is 256 g/mol. The Bertz CT molecular complexity index is 553. The molecule has 2 aromatic rings. The van der Waals surface area contributed by atoms with Gasteiger partial charge in [-0.2, -0.15) is 5.10 Å². The van der Waals surface area contributed by atoms with Gasteiger partial charge >= 0.3 is 0 Å². The van der Waals surface area contributed by atoms with Gasteiger partial charge in [0, 0.05) is 7.05 Å². The number of nitrogens with two attached hydrogens (primary N) is 1. The fraction of sp³-hybridized carbons (Fsp3) is 0.273. The number of aromatic nitrogens is 2. The Morgan fingerprint density at radius 2 is 2.22 bits per heavy atom. The number of carbonyl (C=O) groups is 1. The van der Waals surface area contributed by atoms with Gasteiger partial charge in [0.2, 0.25) is 0 Å². The first-order valence-electron chi connectivity index (χ1n) is 5.23. The van der Waals surface area contributed by atoms with Crippen molar-refractivity contribution < 1.29 is 9.90 Å². The van der Waals surface area contributed by atoms with Gasteiger partial charge in [0.1, 0.15) is 6.61 Å². The summed E-state index contributed by atoms with van der Waals surface area (Å²) in [7, 11) is 3.26. The highest BCUT2D eigenvalue weighted by molar-refractivity contribution is 6.36. The van der Waals surface area contributed by atoms with Crippen LogP contribution in [0.5, 0.6) is 0 Å². The number of fused-ring (bicyclic) bond motifs is 1. The van der Waals surface area contributed by atoms with Crippen LogP contribution in [0.4, 0.5) is 5.82 Å². The summed E-state index contributed by atoms with van der Waals surface area (Å²) in [5.74, 6) is -0.151. The van der Waals surface area contributed by atoms with E-state index >= 15 is 0 Å². The molecule has 18 heavy (non-hydrogen) atoms. The summed E-state index contributed by atoms with van der Waals surface area (Å²) < 4.78 is 1.62. The highest BCUT2D eigenvalue weighted by Crippen LogP contribution is 2.29. The molecule has 1 amide bonds. The lowest BCUT2D eigenvalue weighted by Crippen LogP contribution is -2.16. The molecule has 1 aromatic heterocycles. The minimum atomic E-state index is -0.581. The number of amides is 1. The van der Waals surface area contributed by atoms with Crippen LogP contribution in [0, 0.1) is 0 Å². The van der Waals surface area contributed by atoms with Crippen LogP contribution in [0.1, 0.15) is 0 Å². The van der Waals surface area contributed by atoms with Crippen molar-refractivity contribution in [2.24, 2.45) is 12.8 Å². The van der Waals surface area contributed by atoms with E-state index in [0.29, 0.717) is 16.2 Å². The van der Waals surface area contributed by atoms with Gasteiger partial charge in [-0.15, -0.1) is 0 Å². The summed E-state index contributed by atoms with van der Waals surface area (Å²) in [6.45, 7) is -0.581. The molecule has 1 aromatic carbocycles. The molecule has 4 N–H and O–H groups in total. The van der Waals surface area contributed by atoms with Crippen molar-refractivity contribution in [3.05, 3.63) is 23.2 Å². The Labute approximate surface area is 109 Å². The molecule has 0 aliphatic rings. The van der Waals surface area contributed by atoms with Gasteiger partial charge in [-0.25, -0.2) is 0 Å². The van der Waals surface area contributed by atoms with Crippen LogP contribution in [-0.4, -0.2) is 34.4 Å². The van der Waals surface area contributed by atoms with E-state index < -0.39 is 12.5 Å². The first kappa shape index (κ1) is 14.4. The summed E-state index contributed by atoms with van der Waals surface area (Å²) in [6.07, 6.45) is 0. The minimum absolute atomic E-state index is 0.363. The SMILES string of the molecule is CN.Cn1nc(NC(=O)CO)c2c(Cl)cccc21. The highest BCUT2D eigenvalue weighted by atomic mass is 35.5. The number of hydrogen-bond acceptors (Lipinski definition) is 4. The molecule has 0 saturated carbocycles. The second kappa shape index (κ2) is 6.34. The Morgan fingerprint density at radius 1 is 1.56 bits per heavy atom. The van der Waals surface area contributed by atoms with Crippen LogP contribution in [0.2, 0.25) is 5.02 Å². The van der Waals surface area contributed by atoms with E-state index in [1.807, 2.05) is 12.1 Å². The molecule has 0 atom stereocenters. The molecular formula is C11H15ClN4O2. The molecule has 0 unspecified atom stereocenters. The number of nitrogens with one attached hydrogen (secondary N) is 1. The van der Waals surface area contributed by atoms with Crippen molar-refractivity contribution in [3.63, 3.8) is 0 Å². The Kier molecular flexibility index (Phi) is 5.08. The maximum Gasteiger partial charge on any atom is 0.251 e. The smallest absolute Gasteiger partial charge is 0.251 e. The lowest BCUT2D eigenvalue weighted by Gasteiger charge is -1.99. The number of benzene rings is 1. The Balaban J connectivity index is 0.000000771. The van der Waals surface area contributed by atoms with Crippen LogP contribution in [0.3, 0.4) is 0 Å². The summed E-state index contributed by atoms with van der Waals surface area (Å²) in [5.41, 5.74) is 5.32. The van der Waals surface area contributed by atoms with Crippen LogP contribution in [0.15, 0.2) is 18.2 Å². The van der Waals surface area contributed by atoms with Gasteiger partial charge in [0.25, 0.3) is 5.91 Å². The van der Waals surface area contributed by atoms with E-state index in [0.717, 1.165) is 5.52 Å². The van der Waals surface area contributed by atoms with Crippen LogP contribution < -0.4 is 11.1 Å². The molecule has 0 radical (unpaired) electrons. The molecule has 98 valence electrons. The predicted molar refractivity (Wildman–Crippen MR) is 71.6 cm³/mol. The van der Waals surface area contributed by atoms with Gasteiger partial charge in [0.05, 0.1) is 15.9 Å².